The number of esters is 1. The lowest BCUT2D eigenvalue weighted by atomic mass is 10.2. The van der Waals surface area contributed by atoms with E-state index in [0.29, 0.717) is 43.4 Å². The highest BCUT2D eigenvalue weighted by atomic mass is 16.5. The van der Waals surface area contributed by atoms with Gasteiger partial charge in [0.25, 0.3) is 0 Å². The summed E-state index contributed by atoms with van der Waals surface area (Å²) in [5.41, 5.74) is 6.33. The second-order valence-electron chi connectivity index (χ2n) is 3.69. The van der Waals surface area contributed by atoms with Crippen LogP contribution in [0, 0.1) is 0 Å². The molecule has 0 aliphatic heterocycles. The van der Waals surface area contributed by atoms with Gasteiger partial charge in [0.1, 0.15) is 12.4 Å². The minimum Gasteiger partial charge on any atom is -0.491 e. The Balaban J connectivity index is 2.44. The molecule has 0 heterocycles. The van der Waals surface area contributed by atoms with Gasteiger partial charge in [-0.2, -0.15) is 0 Å². The molecule has 0 amide bonds. The SMILES string of the molecule is COCCOCCOc1ccc(N)c(C(=O)OC)c1. The third-order valence-electron chi connectivity index (χ3n) is 2.36. The zero-order valence-electron chi connectivity index (χ0n) is 11.2. The topological polar surface area (TPSA) is 80.0 Å². The Morgan fingerprint density at radius 2 is 1.89 bits per heavy atom. The van der Waals surface area contributed by atoms with E-state index in [9.17, 15) is 4.79 Å². The molecule has 2 N–H and O–H groups in total. The summed E-state index contributed by atoms with van der Waals surface area (Å²) in [7, 11) is 2.92. The van der Waals surface area contributed by atoms with E-state index in [1.807, 2.05) is 0 Å². The van der Waals surface area contributed by atoms with E-state index in [-0.39, 0.29) is 0 Å². The fraction of sp³-hybridized carbons (Fsp3) is 0.462. The quantitative estimate of drug-likeness (QED) is 0.432. The summed E-state index contributed by atoms with van der Waals surface area (Å²) in [4.78, 5) is 11.4. The van der Waals surface area contributed by atoms with Crippen LogP contribution in [0.2, 0.25) is 0 Å². The number of anilines is 1. The van der Waals surface area contributed by atoms with Gasteiger partial charge < -0.3 is 24.7 Å². The Morgan fingerprint density at radius 3 is 2.58 bits per heavy atom. The Kier molecular flexibility index (Phi) is 6.70. The molecule has 0 aliphatic rings. The van der Waals surface area contributed by atoms with E-state index in [1.165, 1.54) is 7.11 Å². The van der Waals surface area contributed by atoms with Gasteiger partial charge >= 0.3 is 5.97 Å². The van der Waals surface area contributed by atoms with Gasteiger partial charge in [-0.1, -0.05) is 0 Å². The molecular weight excluding hydrogens is 250 g/mol. The Labute approximate surface area is 112 Å². The van der Waals surface area contributed by atoms with E-state index in [1.54, 1.807) is 25.3 Å². The summed E-state index contributed by atoms with van der Waals surface area (Å²) in [6, 6.07) is 4.85. The van der Waals surface area contributed by atoms with Crippen LogP contribution >= 0.6 is 0 Å². The van der Waals surface area contributed by atoms with Gasteiger partial charge in [-0.15, -0.1) is 0 Å². The standard InChI is InChI=1S/C13H19NO5/c1-16-5-6-18-7-8-19-10-3-4-12(14)11(9-10)13(15)17-2/h3-4,9H,5-8,14H2,1-2H3. The molecule has 6 nitrogen and oxygen atoms in total. The lowest BCUT2D eigenvalue weighted by Gasteiger charge is -2.09. The molecule has 0 unspecified atom stereocenters. The molecule has 106 valence electrons. The van der Waals surface area contributed by atoms with Gasteiger partial charge in [-0.3, -0.25) is 0 Å². The third kappa shape index (κ3) is 5.15. The third-order valence-corrected chi connectivity index (χ3v) is 2.36. The van der Waals surface area contributed by atoms with Crippen LogP contribution in [0.25, 0.3) is 0 Å². The minimum absolute atomic E-state index is 0.292. The highest BCUT2D eigenvalue weighted by Crippen LogP contribution is 2.20. The fourth-order valence-electron chi connectivity index (χ4n) is 1.37. The van der Waals surface area contributed by atoms with Crippen LogP contribution in [0.3, 0.4) is 0 Å². The number of benzene rings is 1. The van der Waals surface area contributed by atoms with Crippen LogP contribution < -0.4 is 10.5 Å². The molecule has 0 aliphatic carbocycles. The monoisotopic (exact) mass is 269 g/mol. The Hall–Kier alpha value is -1.79. The maximum atomic E-state index is 11.4. The molecule has 0 aromatic heterocycles. The highest BCUT2D eigenvalue weighted by molar-refractivity contribution is 5.95. The molecular formula is C13H19NO5. The number of hydrogen-bond acceptors (Lipinski definition) is 6. The number of ether oxygens (including phenoxy) is 4. The van der Waals surface area contributed by atoms with Crippen molar-refractivity contribution in [1.82, 2.24) is 0 Å². The van der Waals surface area contributed by atoms with Crippen LogP contribution in [0.15, 0.2) is 18.2 Å². The Bertz CT molecular complexity index is 408. The molecule has 0 fully saturated rings. The molecule has 19 heavy (non-hydrogen) atoms. The van der Waals surface area contributed by atoms with Crippen molar-refractivity contribution in [1.29, 1.82) is 0 Å². The number of carbonyl (C=O) groups excluding carboxylic acids is 1. The first-order valence-electron chi connectivity index (χ1n) is 5.86. The highest BCUT2D eigenvalue weighted by Gasteiger charge is 2.11. The van der Waals surface area contributed by atoms with Crippen LogP contribution in [-0.4, -0.2) is 46.6 Å². The lowest BCUT2D eigenvalue weighted by Crippen LogP contribution is -2.11. The molecule has 1 aromatic rings. The minimum atomic E-state index is -0.487. The van der Waals surface area contributed by atoms with Crippen molar-refractivity contribution >= 4 is 11.7 Å². The number of methoxy groups -OCH3 is 2. The van der Waals surface area contributed by atoms with Crippen LogP contribution in [0.1, 0.15) is 10.4 Å². The zero-order chi connectivity index (χ0) is 14.1. The summed E-state index contributed by atoms with van der Waals surface area (Å²) in [6.07, 6.45) is 0. The molecule has 1 rings (SSSR count). The molecule has 0 radical (unpaired) electrons. The lowest BCUT2D eigenvalue weighted by molar-refractivity contribution is 0.0542. The normalized spacial score (nSPS) is 10.2. The van der Waals surface area contributed by atoms with Crippen molar-refractivity contribution in [2.75, 3.05) is 46.4 Å². The van der Waals surface area contributed by atoms with Gasteiger partial charge in [-0.25, -0.2) is 4.79 Å². The van der Waals surface area contributed by atoms with Gasteiger partial charge in [0.15, 0.2) is 0 Å². The molecule has 0 atom stereocenters. The maximum absolute atomic E-state index is 11.4. The first-order chi connectivity index (χ1) is 9.19. The van der Waals surface area contributed by atoms with Crippen molar-refractivity contribution in [2.24, 2.45) is 0 Å². The predicted octanol–water partition coefficient (Wildman–Crippen LogP) is 1.10. The molecule has 1 aromatic carbocycles. The largest absolute Gasteiger partial charge is 0.491 e. The zero-order valence-corrected chi connectivity index (χ0v) is 11.2. The maximum Gasteiger partial charge on any atom is 0.340 e. The van der Waals surface area contributed by atoms with Gasteiger partial charge in [-0.05, 0) is 18.2 Å². The summed E-state index contributed by atoms with van der Waals surface area (Å²) in [6.45, 7) is 1.90. The van der Waals surface area contributed by atoms with Crippen molar-refractivity contribution in [2.45, 2.75) is 0 Å². The van der Waals surface area contributed by atoms with Crippen molar-refractivity contribution in [3.63, 3.8) is 0 Å². The van der Waals surface area contributed by atoms with Crippen LogP contribution in [-0.2, 0) is 14.2 Å². The van der Waals surface area contributed by atoms with Gasteiger partial charge in [0.2, 0.25) is 0 Å². The summed E-state index contributed by atoms with van der Waals surface area (Å²) >= 11 is 0. The first-order valence-corrected chi connectivity index (χ1v) is 5.86. The smallest absolute Gasteiger partial charge is 0.340 e. The average Bonchev–Trinajstić information content (AvgIpc) is 2.43. The molecule has 0 bridgehead atoms. The first kappa shape index (κ1) is 15.3. The van der Waals surface area contributed by atoms with E-state index in [4.69, 9.17) is 19.9 Å². The van der Waals surface area contributed by atoms with Crippen molar-refractivity contribution in [3.05, 3.63) is 23.8 Å². The van der Waals surface area contributed by atoms with E-state index < -0.39 is 5.97 Å². The van der Waals surface area contributed by atoms with Gasteiger partial charge in [0.05, 0.1) is 32.5 Å². The number of hydrogen-bond donors (Lipinski definition) is 1. The van der Waals surface area contributed by atoms with E-state index >= 15 is 0 Å². The van der Waals surface area contributed by atoms with Gasteiger partial charge in [0, 0.05) is 12.8 Å². The summed E-state index contributed by atoms with van der Waals surface area (Å²) in [5.74, 6) is 0.0595. The molecule has 0 saturated heterocycles. The second kappa shape index (κ2) is 8.34. The van der Waals surface area contributed by atoms with Crippen molar-refractivity contribution in [3.8, 4) is 5.75 Å². The number of nitrogen functional groups attached to an aromatic ring is 1. The molecule has 6 heteroatoms. The summed E-state index contributed by atoms with van der Waals surface area (Å²) in [5, 5.41) is 0. The van der Waals surface area contributed by atoms with E-state index in [0.717, 1.165) is 0 Å². The number of carbonyl (C=O) groups is 1. The number of nitrogens with two attached hydrogens (primary N) is 1. The molecule has 0 spiro atoms. The fourth-order valence-corrected chi connectivity index (χ4v) is 1.37. The Morgan fingerprint density at radius 1 is 1.16 bits per heavy atom. The number of rotatable bonds is 8. The van der Waals surface area contributed by atoms with Crippen LogP contribution in [0.4, 0.5) is 5.69 Å². The van der Waals surface area contributed by atoms with E-state index in [2.05, 4.69) is 4.74 Å². The second-order valence-corrected chi connectivity index (χ2v) is 3.69. The molecule has 0 saturated carbocycles. The van der Waals surface area contributed by atoms with Crippen molar-refractivity contribution < 1.29 is 23.7 Å². The van der Waals surface area contributed by atoms with Crippen LogP contribution in [0.5, 0.6) is 5.75 Å². The summed E-state index contributed by atoms with van der Waals surface area (Å²) < 4.78 is 20.2. The predicted molar refractivity (Wildman–Crippen MR) is 70.4 cm³/mol. The average molecular weight is 269 g/mol.